The van der Waals surface area contributed by atoms with Crippen LogP contribution in [0.2, 0.25) is 0 Å². The number of rotatable bonds is 4. The Bertz CT molecular complexity index is 97.8. The van der Waals surface area contributed by atoms with E-state index in [2.05, 4.69) is 44.3 Å². The quantitative estimate of drug-likeness (QED) is 0.585. The van der Waals surface area contributed by atoms with E-state index in [1.807, 2.05) is 0 Å². The standard InChI is InChI=1S/C8H18N2/c1-6-9(4)8(3)10(5)7-2/h3,6-7H2,1-2,4-5H3. The zero-order valence-corrected chi connectivity index (χ0v) is 7.52. The van der Waals surface area contributed by atoms with E-state index in [1.54, 1.807) is 0 Å². The molecule has 0 bridgehead atoms. The fourth-order valence-corrected chi connectivity index (χ4v) is 0.656. The summed E-state index contributed by atoms with van der Waals surface area (Å²) in [6.07, 6.45) is 0. The van der Waals surface area contributed by atoms with Crippen LogP contribution in [0.4, 0.5) is 0 Å². The van der Waals surface area contributed by atoms with Crippen LogP contribution in [0.1, 0.15) is 13.8 Å². The molecule has 0 aromatic carbocycles. The smallest absolute Gasteiger partial charge is 0.0959 e. The normalized spacial score (nSPS) is 9.20. The van der Waals surface area contributed by atoms with Gasteiger partial charge in [-0.05, 0) is 13.8 Å². The molecule has 0 amide bonds. The second-order valence-electron chi connectivity index (χ2n) is 2.44. The molecule has 60 valence electrons. The highest BCUT2D eigenvalue weighted by Crippen LogP contribution is 2.01. The molecule has 0 N–H and O–H groups in total. The number of hydrogen-bond donors (Lipinski definition) is 0. The first-order chi connectivity index (χ1) is 4.63. The molecule has 2 heteroatoms. The van der Waals surface area contributed by atoms with Gasteiger partial charge in [0.25, 0.3) is 0 Å². The van der Waals surface area contributed by atoms with Gasteiger partial charge in [-0.1, -0.05) is 6.58 Å². The Morgan fingerprint density at radius 2 is 1.40 bits per heavy atom. The lowest BCUT2D eigenvalue weighted by atomic mass is 10.5. The van der Waals surface area contributed by atoms with Gasteiger partial charge in [-0.3, -0.25) is 0 Å². The summed E-state index contributed by atoms with van der Waals surface area (Å²) in [6, 6.07) is 0. The van der Waals surface area contributed by atoms with Gasteiger partial charge in [0.05, 0.1) is 5.82 Å². The van der Waals surface area contributed by atoms with Crippen LogP contribution in [-0.4, -0.2) is 37.0 Å². The summed E-state index contributed by atoms with van der Waals surface area (Å²) in [5.74, 6) is 1.09. The molecule has 0 aliphatic heterocycles. The molecule has 0 aromatic heterocycles. The monoisotopic (exact) mass is 142 g/mol. The Balaban J connectivity index is 3.82. The maximum absolute atomic E-state index is 3.95. The lowest BCUT2D eigenvalue weighted by Gasteiger charge is -2.27. The average molecular weight is 142 g/mol. The van der Waals surface area contributed by atoms with E-state index in [1.165, 1.54) is 0 Å². The van der Waals surface area contributed by atoms with E-state index < -0.39 is 0 Å². The molecule has 0 radical (unpaired) electrons. The fourth-order valence-electron chi connectivity index (χ4n) is 0.656. The van der Waals surface area contributed by atoms with Crippen LogP contribution < -0.4 is 0 Å². The number of nitrogens with zero attached hydrogens (tertiary/aromatic N) is 2. The van der Waals surface area contributed by atoms with E-state index in [0.717, 1.165) is 18.9 Å². The minimum atomic E-state index is 1.02. The number of hydrogen-bond acceptors (Lipinski definition) is 2. The Kier molecular flexibility index (Phi) is 3.93. The molecule has 10 heavy (non-hydrogen) atoms. The lowest BCUT2D eigenvalue weighted by molar-refractivity contribution is 0.287. The highest BCUT2D eigenvalue weighted by Gasteiger charge is 2.01. The second kappa shape index (κ2) is 4.20. The molecule has 0 saturated carbocycles. The van der Waals surface area contributed by atoms with Crippen molar-refractivity contribution in [3.05, 3.63) is 12.4 Å². The molecule has 0 fully saturated rings. The third kappa shape index (κ3) is 2.29. The third-order valence-electron chi connectivity index (χ3n) is 1.83. The predicted octanol–water partition coefficient (Wildman–Crippen LogP) is 1.36. The van der Waals surface area contributed by atoms with Gasteiger partial charge in [0.2, 0.25) is 0 Å². The second-order valence-corrected chi connectivity index (χ2v) is 2.44. The first kappa shape index (κ1) is 9.34. The van der Waals surface area contributed by atoms with Crippen LogP contribution in [0, 0.1) is 0 Å². The van der Waals surface area contributed by atoms with Crippen LogP contribution in [0.15, 0.2) is 12.4 Å². The minimum absolute atomic E-state index is 1.02. The topological polar surface area (TPSA) is 6.48 Å². The van der Waals surface area contributed by atoms with Crippen molar-refractivity contribution in [1.29, 1.82) is 0 Å². The molecule has 2 nitrogen and oxygen atoms in total. The summed E-state index contributed by atoms with van der Waals surface area (Å²) in [5, 5.41) is 0. The van der Waals surface area contributed by atoms with E-state index in [0.29, 0.717) is 0 Å². The molecular formula is C8H18N2. The van der Waals surface area contributed by atoms with Crippen molar-refractivity contribution in [2.75, 3.05) is 27.2 Å². The Morgan fingerprint density at radius 3 is 1.60 bits per heavy atom. The maximum atomic E-state index is 3.95. The van der Waals surface area contributed by atoms with Gasteiger partial charge in [0, 0.05) is 27.2 Å². The van der Waals surface area contributed by atoms with E-state index in [9.17, 15) is 0 Å². The molecule has 0 aliphatic rings. The van der Waals surface area contributed by atoms with Crippen molar-refractivity contribution in [1.82, 2.24) is 9.80 Å². The lowest BCUT2D eigenvalue weighted by Crippen LogP contribution is -2.29. The van der Waals surface area contributed by atoms with Crippen molar-refractivity contribution in [3.63, 3.8) is 0 Å². The van der Waals surface area contributed by atoms with E-state index >= 15 is 0 Å². The molecule has 0 aliphatic carbocycles. The molecule has 0 atom stereocenters. The Hall–Kier alpha value is -0.660. The van der Waals surface area contributed by atoms with Crippen molar-refractivity contribution in [2.24, 2.45) is 0 Å². The van der Waals surface area contributed by atoms with Crippen LogP contribution in [0.25, 0.3) is 0 Å². The third-order valence-corrected chi connectivity index (χ3v) is 1.83. The van der Waals surface area contributed by atoms with E-state index in [-0.39, 0.29) is 0 Å². The average Bonchev–Trinajstić information content (AvgIpc) is 2.00. The highest BCUT2D eigenvalue weighted by atomic mass is 15.3. The first-order valence-corrected chi connectivity index (χ1v) is 3.74. The molecule has 0 aromatic rings. The summed E-state index contributed by atoms with van der Waals surface area (Å²) in [4.78, 5) is 4.26. The Labute approximate surface area is 64.1 Å². The zero-order valence-electron chi connectivity index (χ0n) is 7.52. The van der Waals surface area contributed by atoms with Gasteiger partial charge in [-0.25, -0.2) is 0 Å². The molecule has 0 unspecified atom stereocenters. The molecule has 0 saturated heterocycles. The minimum Gasteiger partial charge on any atom is -0.362 e. The van der Waals surface area contributed by atoms with Crippen molar-refractivity contribution < 1.29 is 0 Å². The summed E-state index contributed by atoms with van der Waals surface area (Å²) in [5.41, 5.74) is 0. The summed E-state index contributed by atoms with van der Waals surface area (Å²) >= 11 is 0. The zero-order chi connectivity index (χ0) is 8.15. The van der Waals surface area contributed by atoms with Gasteiger partial charge in [0.15, 0.2) is 0 Å². The van der Waals surface area contributed by atoms with Crippen LogP contribution in [0.3, 0.4) is 0 Å². The van der Waals surface area contributed by atoms with E-state index in [4.69, 9.17) is 0 Å². The van der Waals surface area contributed by atoms with Crippen molar-refractivity contribution in [3.8, 4) is 0 Å². The van der Waals surface area contributed by atoms with Crippen LogP contribution >= 0.6 is 0 Å². The van der Waals surface area contributed by atoms with Crippen LogP contribution in [0.5, 0.6) is 0 Å². The summed E-state index contributed by atoms with van der Waals surface area (Å²) < 4.78 is 0. The predicted molar refractivity (Wildman–Crippen MR) is 45.7 cm³/mol. The molecule has 0 heterocycles. The highest BCUT2D eigenvalue weighted by molar-refractivity contribution is 4.89. The molecular weight excluding hydrogens is 124 g/mol. The van der Waals surface area contributed by atoms with Gasteiger partial charge in [0.1, 0.15) is 0 Å². The first-order valence-electron chi connectivity index (χ1n) is 3.74. The largest absolute Gasteiger partial charge is 0.362 e. The van der Waals surface area contributed by atoms with Gasteiger partial charge in [-0.2, -0.15) is 0 Å². The van der Waals surface area contributed by atoms with Gasteiger partial charge in [-0.15, -0.1) is 0 Å². The van der Waals surface area contributed by atoms with Gasteiger partial charge < -0.3 is 9.80 Å². The summed E-state index contributed by atoms with van der Waals surface area (Å²) in [6.45, 7) is 10.2. The van der Waals surface area contributed by atoms with Crippen molar-refractivity contribution >= 4 is 0 Å². The molecule has 0 rings (SSSR count). The van der Waals surface area contributed by atoms with Gasteiger partial charge >= 0.3 is 0 Å². The van der Waals surface area contributed by atoms with Crippen molar-refractivity contribution in [2.45, 2.75) is 13.8 Å². The fraction of sp³-hybridized carbons (Fsp3) is 0.750. The maximum Gasteiger partial charge on any atom is 0.0959 e. The molecule has 0 spiro atoms. The SMILES string of the molecule is C=C(N(C)CC)N(C)CC. The summed E-state index contributed by atoms with van der Waals surface area (Å²) in [7, 11) is 4.10. The van der Waals surface area contributed by atoms with Crippen LogP contribution in [-0.2, 0) is 0 Å². The Morgan fingerprint density at radius 1 is 1.10 bits per heavy atom.